The van der Waals surface area contributed by atoms with Gasteiger partial charge in [-0.1, -0.05) is 18.2 Å². The fraction of sp³-hybridized carbons (Fsp3) is 0.350. The van der Waals surface area contributed by atoms with Crippen molar-refractivity contribution in [3.63, 3.8) is 0 Å². The van der Waals surface area contributed by atoms with Gasteiger partial charge < -0.3 is 9.73 Å². The maximum Gasteiger partial charge on any atom is 0.360 e. The number of amides is 1. The number of aryl methyl sites for hydroxylation is 1. The largest absolute Gasteiger partial charge is 0.421 e. The molecule has 3 aromatic rings. The number of para-hydroxylation sites is 1. The number of hydrogen-bond donors (Lipinski definition) is 1. The van der Waals surface area contributed by atoms with Crippen molar-refractivity contribution in [3.05, 3.63) is 57.7 Å². The van der Waals surface area contributed by atoms with Crippen molar-refractivity contribution in [2.45, 2.75) is 32.7 Å². The van der Waals surface area contributed by atoms with Gasteiger partial charge in [-0.25, -0.2) is 13.2 Å². The van der Waals surface area contributed by atoms with Gasteiger partial charge in [-0.15, -0.1) is 0 Å². The van der Waals surface area contributed by atoms with E-state index in [1.165, 1.54) is 0 Å². The Balaban J connectivity index is 1.55. The van der Waals surface area contributed by atoms with Gasteiger partial charge in [0.2, 0.25) is 5.91 Å². The first-order chi connectivity index (χ1) is 13.7. The van der Waals surface area contributed by atoms with Crippen LogP contribution in [0.2, 0.25) is 0 Å². The lowest BCUT2D eigenvalue weighted by molar-refractivity contribution is -0.115. The molecule has 1 saturated heterocycles. The number of anilines is 1. The molecule has 1 amide bonds. The minimum atomic E-state index is -3.04. The van der Waals surface area contributed by atoms with Crippen LogP contribution in [0.1, 0.15) is 29.4 Å². The Kier molecular flexibility index (Phi) is 4.77. The van der Waals surface area contributed by atoms with E-state index < -0.39 is 15.5 Å². The van der Waals surface area contributed by atoms with Crippen LogP contribution in [-0.2, 0) is 21.1 Å². The number of nitrogens with zero attached hydrogens (tertiary/aromatic N) is 2. The summed E-state index contributed by atoms with van der Waals surface area (Å²) in [5, 5.41) is 7.80. The van der Waals surface area contributed by atoms with Crippen LogP contribution < -0.4 is 10.9 Å². The summed E-state index contributed by atoms with van der Waals surface area (Å²) in [6.45, 7) is 3.62. The van der Waals surface area contributed by atoms with Crippen LogP contribution in [0.5, 0.6) is 0 Å². The molecule has 1 aromatic carbocycles. The first-order valence-corrected chi connectivity index (χ1v) is 11.1. The van der Waals surface area contributed by atoms with Gasteiger partial charge >= 0.3 is 5.63 Å². The monoisotopic (exact) mass is 415 g/mol. The molecule has 0 radical (unpaired) electrons. The maximum atomic E-state index is 12.6. The van der Waals surface area contributed by atoms with Crippen LogP contribution in [0, 0.1) is 13.8 Å². The second kappa shape index (κ2) is 7.14. The number of aromatic nitrogens is 2. The van der Waals surface area contributed by atoms with Crippen LogP contribution in [0.3, 0.4) is 0 Å². The van der Waals surface area contributed by atoms with E-state index in [1.54, 1.807) is 35.9 Å². The highest BCUT2D eigenvalue weighted by molar-refractivity contribution is 7.91. The number of nitrogens with one attached hydrogen (secondary N) is 1. The van der Waals surface area contributed by atoms with Crippen molar-refractivity contribution in [1.82, 2.24) is 9.78 Å². The molecular formula is C20H21N3O5S. The summed E-state index contributed by atoms with van der Waals surface area (Å²) in [6, 6.07) is 8.45. The summed E-state index contributed by atoms with van der Waals surface area (Å²) in [6.07, 6.45) is 0.553. The topological polar surface area (TPSA) is 111 Å². The molecule has 0 unspecified atom stereocenters. The zero-order chi connectivity index (χ0) is 20.8. The highest BCUT2D eigenvalue weighted by Gasteiger charge is 2.31. The van der Waals surface area contributed by atoms with Crippen LogP contribution in [0.4, 0.5) is 5.69 Å². The summed E-state index contributed by atoms with van der Waals surface area (Å²) >= 11 is 0. The molecule has 0 bridgehead atoms. The molecular weight excluding hydrogens is 394 g/mol. The van der Waals surface area contributed by atoms with Gasteiger partial charge in [0.1, 0.15) is 11.3 Å². The van der Waals surface area contributed by atoms with E-state index in [2.05, 4.69) is 10.4 Å². The number of hydrogen-bond acceptors (Lipinski definition) is 6. The lowest BCUT2D eigenvalue weighted by Crippen LogP contribution is -2.20. The summed E-state index contributed by atoms with van der Waals surface area (Å²) in [5.74, 6) is -0.139. The van der Waals surface area contributed by atoms with E-state index in [0.29, 0.717) is 23.1 Å². The third-order valence-corrected chi connectivity index (χ3v) is 7.03. The summed E-state index contributed by atoms with van der Waals surface area (Å²) in [4.78, 5) is 24.7. The maximum absolute atomic E-state index is 12.6. The van der Waals surface area contributed by atoms with Gasteiger partial charge in [-0.2, -0.15) is 5.10 Å². The van der Waals surface area contributed by atoms with Gasteiger partial charge in [0.15, 0.2) is 9.84 Å². The number of benzene rings is 1. The number of sulfone groups is 1. The Morgan fingerprint density at radius 2 is 2.07 bits per heavy atom. The Bertz CT molecular complexity index is 1270. The molecule has 29 heavy (non-hydrogen) atoms. The molecule has 1 fully saturated rings. The zero-order valence-electron chi connectivity index (χ0n) is 16.1. The van der Waals surface area contributed by atoms with E-state index in [-0.39, 0.29) is 35.6 Å². The molecule has 0 aliphatic carbocycles. The van der Waals surface area contributed by atoms with Crippen molar-refractivity contribution >= 4 is 32.4 Å². The van der Waals surface area contributed by atoms with Gasteiger partial charge in [0.05, 0.1) is 29.7 Å². The summed E-state index contributed by atoms with van der Waals surface area (Å²) in [7, 11) is -3.04. The van der Waals surface area contributed by atoms with Gasteiger partial charge in [-0.05, 0) is 32.4 Å². The van der Waals surface area contributed by atoms with Crippen molar-refractivity contribution < 1.29 is 17.6 Å². The SMILES string of the molecule is Cc1nn([C@H]2CCS(=O)(=O)C2)c(C)c1CC(=O)Nc1cc2ccccc2oc1=O. The van der Waals surface area contributed by atoms with Crippen LogP contribution in [0.15, 0.2) is 39.5 Å². The molecule has 8 nitrogen and oxygen atoms in total. The fourth-order valence-electron chi connectivity index (χ4n) is 3.78. The summed E-state index contributed by atoms with van der Waals surface area (Å²) < 4.78 is 30.5. The van der Waals surface area contributed by atoms with Crippen molar-refractivity contribution in [2.75, 3.05) is 16.8 Å². The van der Waals surface area contributed by atoms with E-state index in [0.717, 1.165) is 11.3 Å². The normalized spacial score (nSPS) is 18.2. The lowest BCUT2D eigenvalue weighted by atomic mass is 10.1. The highest BCUT2D eigenvalue weighted by atomic mass is 32.2. The second-order valence-corrected chi connectivity index (χ2v) is 9.59. The number of carbonyl (C=O) groups is 1. The highest BCUT2D eigenvalue weighted by Crippen LogP contribution is 2.27. The smallest absolute Gasteiger partial charge is 0.360 e. The van der Waals surface area contributed by atoms with Crippen LogP contribution >= 0.6 is 0 Å². The molecule has 1 aliphatic heterocycles. The van der Waals surface area contributed by atoms with E-state index in [9.17, 15) is 18.0 Å². The Labute approximate surface area is 167 Å². The van der Waals surface area contributed by atoms with Crippen LogP contribution in [0.25, 0.3) is 11.0 Å². The van der Waals surface area contributed by atoms with Gasteiger partial charge in [0, 0.05) is 16.6 Å². The molecule has 3 heterocycles. The number of fused-ring (bicyclic) bond motifs is 1. The zero-order valence-corrected chi connectivity index (χ0v) is 17.0. The van der Waals surface area contributed by atoms with Gasteiger partial charge in [0.25, 0.3) is 0 Å². The molecule has 1 N–H and O–H groups in total. The number of carbonyl (C=O) groups excluding carboxylic acids is 1. The first kappa shape index (κ1) is 19.4. The Hall–Kier alpha value is -2.94. The van der Waals surface area contributed by atoms with Crippen molar-refractivity contribution in [3.8, 4) is 0 Å². The third kappa shape index (κ3) is 3.82. The minimum Gasteiger partial charge on any atom is -0.421 e. The summed E-state index contributed by atoms with van der Waals surface area (Å²) in [5.41, 5.74) is 2.10. The van der Waals surface area contributed by atoms with E-state index in [1.807, 2.05) is 13.0 Å². The minimum absolute atomic E-state index is 0.0312. The molecule has 152 valence electrons. The Morgan fingerprint density at radius 1 is 1.31 bits per heavy atom. The third-order valence-electron chi connectivity index (χ3n) is 5.28. The van der Waals surface area contributed by atoms with Crippen molar-refractivity contribution in [2.24, 2.45) is 0 Å². The van der Waals surface area contributed by atoms with Crippen LogP contribution in [-0.4, -0.2) is 35.6 Å². The molecule has 0 saturated carbocycles. The predicted molar refractivity (Wildman–Crippen MR) is 109 cm³/mol. The average Bonchev–Trinajstić information content (AvgIpc) is 3.16. The molecule has 9 heteroatoms. The molecule has 4 rings (SSSR count). The van der Waals surface area contributed by atoms with Gasteiger partial charge in [-0.3, -0.25) is 9.48 Å². The molecule has 1 aliphatic rings. The standard InChI is InChI=1S/C20H21N3O5S/c1-12-16(13(2)23(22-12)15-7-8-29(26,27)11-15)10-19(24)21-17-9-14-5-3-4-6-18(14)28-20(17)25/h3-6,9,15H,7-8,10-11H2,1-2H3,(H,21,24)/t15-/m0/s1. The quantitative estimate of drug-likeness (QED) is 0.654. The predicted octanol–water partition coefficient (Wildman–Crippen LogP) is 2.15. The fourth-order valence-corrected chi connectivity index (χ4v) is 5.47. The lowest BCUT2D eigenvalue weighted by Gasteiger charge is -2.11. The van der Waals surface area contributed by atoms with Crippen molar-refractivity contribution in [1.29, 1.82) is 0 Å². The Morgan fingerprint density at radius 3 is 2.79 bits per heavy atom. The molecule has 1 atom stereocenters. The van der Waals surface area contributed by atoms with E-state index in [4.69, 9.17) is 4.42 Å². The van der Waals surface area contributed by atoms with E-state index >= 15 is 0 Å². The second-order valence-electron chi connectivity index (χ2n) is 7.36. The molecule has 2 aromatic heterocycles. The molecule has 0 spiro atoms. The first-order valence-electron chi connectivity index (χ1n) is 9.31. The number of rotatable bonds is 4. The average molecular weight is 415 g/mol.